The summed E-state index contributed by atoms with van der Waals surface area (Å²) in [7, 11) is 0. The van der Waals surface area contributed by atoms with Gasteiger partial charge in [-0.3, -0.25) is 14.3 Å². The monoisotopic (exact) mass is 341 g/mol. The molecule has 0 radical (unpaired) electrons. The highest BCUT2D eigenvalue weighted by molar-refractivity contribution is 8.90. The van der Waals surface area contributed by atoms with Crippen LogP contribution in [0.3, 0.4) is 0 Å². The van der Waals surface area contributed by atoms with Crippen molar-refractivity contribution in [2.45, 2.75) is 58.0 Å². The second-order valence-corrected chi connectivity index (χ2v) is 14.0. The van der Waals surface area contributed by atoms with Crippen molar-refractivity contribution >= 4 is 34.3 Å². The molecule has 120 valence electrons. The van der Waals surface area contributed by atoms with Gasteiger partial charge in [0.15, 0.2) is 0 Å². The topological polar surface area (TPSA) is 57.6 Å². The van der Waals surface area contributed by atoms with E-state index >= 15 is 0 Å². The first-order valence-electron chi connectivity index (χ1n) is 7.16. The average Bonchev–Trinajstić information content (AvgIpc) is 2.36. The average molecular weight is 341 g/mol. The highest BCUT2D eigenvalue weighted by atomic mass is 33.1. The van der Waals surface area contributed by atoms with E-state index < -0.39 is 11.5 Å². The molecule has 0 bridgehead atoms. The van der Waals surface area contributed by atoms with Crippen molar-refractivity contribution in [3.05, 3.63) is 0 Å². The van der Waals surface area contributed by atoms with Crippen LogP contribution in [0, 0.1) is 0 Å². The fourth-order valence-corrected chi connectivity index (χ4v) is 12.7. The fourth-order valence-electron chi connectivity index (χ4n) is 1.49. The van der Waals surface area contributed by atoms with Crippen LogP contribution in [0.25, 0.3) is 0 Å². The van der Waals surface area contributed by atoms with Gasteiger partial charge in [-0.1, -0.05) is 57.4 Å². The first kappa shape index (κ1) is 20.4. The second-order valence-electron chi connectivity index (χ2n) is 4.94. The Labute approximate surface area is 131 Å². The van der Waals surface area contributed by atoms with Crippen LogP contribution in [0.2, 0.25) is 0 Å². The lowest BCUT2D eigenvalue weighted by Gasteiger charge is -2.28. The minimum Gasteiger partial charge on any atom is -0.480 e. The van der Waals surface area contributed by atoms with Gasteiger partial charge in [-0.25, -0.2) is 0 Å². The highest BCUT2D eigenvalue weighted by Gasteiger charge is 2.30. The fraction of sp³-hybridized carbons (Fsp3) is 0.923. The molecule has 0 aromatic carbocycles. The maximum Gasteiger partial charge on any atom is 0.317 e. The number of carboxylic acid groups (broad SMARTS) is 1. The molecule has 2 atom stereocenters. The molecule has 0 saturated carbocycles. The van der Waals surface area contributed by atoms with Gasteiger partial charge >= 0.3 is 5.97 Å². The van der Waals surface area contributed by atoms with Gasteiger partial charge in [-0.2, -0.15) is 0 Å². The van der Waals surface area contributed by atoms with Gasteiger partial charge in [0, 0.05) is 10.5 Å². The molecule has 0 aromatic heterocycles. The molecular weight excluding hydrogens is 313 g/mol. The standard InChI is InChI=1S/C13H28NO3PS2/c1-6-11(4)19-18(17,20-12(5)7-2)10-14(8-3)9-13(15)16/h11-12H,6-10H2,1-5H3,(H,15,16). The Morgan fingerprint density at radius 3 is 1.90 bits per heavy atom. The molecule has 0 spiro atoms. The maximum absolute atomic E-state index is 13.2. The minimum absolute atomic E-state index is 0.0391. The zero-order valence-corrected chi connectivity index (χ0v) is 15.7. The molecule has 0 aromatic rings. The summed E-state index contributed by atoms with van der Waals surface area (Å²) in [6.07, 6.45) is 2.32. The van der Waals surface area contributed by atoms with Crippen molar-refractivity contribution in [1.82, 2.24) is 4.90 Å². The maximum atomic E-state index is 13.2. The van der Waals surface area contributed by atoms with Crippen molar-refractivity contribution in [2.75, 3.05) is 19.4 Å². The van der Waals surface area contributed by atoms with Crippen molar-refractivity contribution < 1.29 is 14.5 Å². The predicted octanol–water partition coefficient (Wildman–Crippen LogP) is 4.61. The molecule has 20 heavy (non-hydrogen) atoms. The van der Waals surface area contributed by atoms with Crippen LogP contribution in [-0.2, 0) is 9.36 Å². The van der Waals surface area contributed by atoms with Crippen LogP contribution in [0.1, 0.15) is 47.5 Å². The number of likely N-dealkylation sites (N-methyl/N-ethyl adjacent to an activating group) is 1. The number of nitrogens with zero attached hydrogens (tertiary/aromatic N) is 1. The van der Waals surface area contributed by atoms with E-state index in [0.717, 1.165) is 12.8 Å². The highest BCUT2D eigenvalue weighted by Crippen LogP contribution is 2.72. The van der Waals surface area contributed by atoms with Gasteiger partial charge < -0.3 is 5.11 Å². The van der Waals surface area contributed by atoms with E-state index in [9.17, 15) is 9.36 Å². The summed E-state index contributed by atoms with van der Waals surface area (Å²) in [5.41, 5.74) is -2.50. The van der Waals surface area contributed by atoms with Crippen LogP contribution in [0.15, 0.2) is 0 Å². The van der Waals surface area contributed by atoms with Crippen molar-refractivity contribution in [1.29, 1.82) is 0 Å². The first-order chi connectivity index (χ1) is 9.26. The quantitative estimate of drug-likeness (QED) is 0.554. The van der Waals surface area contributed by atoms with E-state index in [1.54, 1.807) is 27.7 Å². The number of aliphatic carboxylic acids is 1. The van der Waals surface area contributed by atoms with Gasteiger partial charge in [0.1, 0.15) is 0 Å². The normalized spacial score (nSPS) is 17.7. The van der Waals surface area contributed by atoms with Crippen molar-refractivity contribution in [3.63, 3.8) is 0 Å². The Morgan fingerprint density at radius 1 is 1.15 bits per heavy atom. The lowest BCUT2D eigenvalue weighted by atomic mass is 10.4. The van der Waals surface area contributed by atoms with Crippen LogP contribution < -0.4 is 0 Å². The van der Waals surface area contributed by atoms with Crippen LogP contribution >= 0.6 is 28.3 Å². The van der Waals surface area contributed by atoms with Crippen molar-refractivity contribution in [2.24, 2.45) is 0 Å². The van der Waals surface area contributed by atoms with Crippen LogP contribution in [-0.4, -0.2) is 45.9 Å². The summed E-state index contributed by atoms with van der Waals surface area (Å²) in [6, 6.07) is 0. The third kappa shape index (κ3) is 8.60. The third-order valence-corrected chi connectivity index (χ3v) is 12.1. The lowest BCUT2D eigenvalue weighted by molar-refractivity contribution is -0.138. The summed E-state index contributed by atoms with van der Waals surface area (Å²) < 4.78 is 13.2. The summed E-state index contributed by atoms with van der Waals surface area (Å²) >= 11 is 3.09. The zero-order chi connectivity index (χ0) is 15.8. The van der Waals surface area contributed by atoms with Gasteiger partial charge in [0.25, 0.3) is 0 Å². The molecule has 2 unspecified atom stereocenters. The van der Waals surface area contributed by atoms with Gasteiger partial charge in [0.2, 0.25) is 5.55 Å². The Morgan fingerprint density at radius 2 is 1.60 bits per heavy atom. The van der Waals surface area contributed by atoms with Gasteiger partial charge in [-0.15, -0.1) is 0 Å². The van der Waals surface area contributed by atoms with E-state index in [-0.39, 0.29) is 6.54 Å². The molecule has 0 heterocycles. The van der Waals surface area contributed by atoms with Crippen molar-refractivity contribution in [3.8, 4) is 0 Å². The summed E-state index contributed by atoms with van der Waals surface area (Å²) in [4.78, 5) is 12.6. The summed E-state index contributed by atoms with van der Waals surface area (Å²) in [6.45, 7) is 10.8. The molecule has 0 aliphatic carbocycles. The third-order valence-electron chi connectivity index (χ3n) is 3.01. The number of hydrogen-bond donors (Lipinski definition) is 1. The predicted molar refractivity (Wildman–Crippen MR) is 92.0 cm³/mol. The molecule has 0 amide bonds. The molecule has 0 aliphatic rings. The van der Waals surface area contributed by atoms with Crippen LogP contribution in [0.4, 0.5) is 0 Å². The Kier molecular flexibility index (Phi) is 10.3. The number of rotatable bonds is 11. The molecular formula is C13H28NO3PS2. The molecule has 0 aliphatic heterocycles. The molecule has 0 saturated heterocycles. The van der Waals surface area contributed by atoms with E-state index in [0.29, 0.717) is 23.3 Å². The van der Waals surface area contributed by atoms with E-state index in [2.05, 4.69) is 27.7 Å². The lowest BCUT2D eigenvalue weighted by Crippen LogP contribution is -2.30. The van der Waals surface area contributed by atoms with Crippen LogP contribution in [0.5, 0.6) is 0 Å². The van der Waals surface area contributed by atoms with E-state index in [1.807, 2.05) is 6.92 Å². The second kappa shape index (κ2) is 10.1. The SMILES string of the molecule is CCC(C)SP(=O)(CN(CC)CC(=O)O)SC(C)CC. The molecule has 0 rings (SSSR count). The molecule has 1 N–H and O–H groups in total. The largest absolute Gasteiger partial charge is 0.480 e. The number of hydrogen-bond acceptors (Lipinski definition) is 5. The Hall–Kier alpha value is 0.360. The molecule has 0 fully saturated rings. The Balaban J connectivity index is 4.89. The number of carbonyl (C=O) groups is 1. The van der Waals surface area contributed by atoms with E-state index in [1.165, 1.54) is 0 Å². The van der Waals surface area contributed by atoms with Gasteiger partial charge in [0.05, 0.1) is 12.8 Å². The first-order valence-corrected chi connectivity index (χ1v) is 12.0. The minimum atomic E-state index is -2.50. The molecule has 7 heteroatoms. The summed E-state index contributed by atoms with van der Waals surface area (Å²) in [5.74, 6) is -0.861. The zero-order valence-electron chi connectivity index (χ0n) is 13.2. The Bertz CT molecular complexity index is 326. The van der Waals surface area contributed by atoms with Gasteiger partial charge in [-0.05, 0) is 19.4 Å². The number of carboxylic acids is 1. The van der Waals surface area contributed by atoms with E-state index in [4.69, 9.17) is 5.11 Å². The summed E-state index contributed by atoms with van der Waals surface area (Å²) in [5, 5.41) is 9.59. The smallest absolute Gasteiger partial charge is 0.317 e. The molecule has 4 nitrogen and oxygen atoms in total.